The molecule has 1 amide bonds. The molecule has 4 rings (SSSR count). The van der Waals surface area contributed by atoms with Crippen LogP contribution >= 0.6 is 0 Å². The number of nitrogens with two attached hydrogens (primary N) is 1. The largest absolute Gasteiger partial charge is 0.384 e. The van der Waals surface area contributed by atoms with Crippen molar-refractivity contribution in [2.24, 2.45) is 5.73 Å². The lowest BCUT2D eigenvalue weighted by molar-refractivity contribution is -0.117. The molecule has 3 aromatic rings. The summed E-state index contributed by atoms with van der Waals surface area (Å²) in [7, 11) is 0. The lowest BCUT2D eigenvalue weighted by atomic mass is 10.1. The van der Waals surface area contributed by atoms with Crippen molar-refractivity contribution in [3.8, 4) is 0 Å². The third kappa shape index (κ3) is 7.19. The molecule has 2 heterocycles. The van der Waals surface area contributed by atoms with E-state index in [2.05, 4.69) is 50.1 Å². The number of benzene rings is 2. The van der Waals surface area contributed by atoms with Gasteiger partial charge < -0.3 is 26.4 Å². The molecule has 1 aromatic heterocycles. The SMILES string of the molecule is NC(=O)Cc1cnc(Nc2ccc(NCCN3CCOCC3)cc2)cc1NCc1ccccc1. The smallest absolute Gasteiger partial charge is 0.221 e. The summed E-state index contributed by atoms with van der Waals surface area (Å²) in [5, 5.41) is 10.2. The quantitative estimate of drug-likeness (QED) is 0.348. The van der Waals surface area contributed by atoms with Crippen LogP contribution in [0.4, 0.5) is 22.9 Å². The van der Waals surface area contributed by atoms with Crippen LogP contribution in [0.25, 0.3) is 0 Å². The Balaban J connectivity index is 1.35. The summed E-state index contributed by atoms with van der Waals surface area (Å²) in [4.78, 5) is 18.4. The van der Waals surface area contributed by atoms with Crippen molar-refractivity contribution in [3.05, 3.63) is 78.0 Å². The first-order valence-corrected chi connectivity index (χ1v) is 11.6. The third-order valence-electron chi connectivity index (χ3n) is 5.70. The van der Waals surface area contributed by atoms with Crippen LogP contribution in [0.3, 0.4) is 0 Å². The standard InChI is InChI=1S/C26H32N6O2/c27-25(33)16-21-19-30-26(17-24(21)29-18-20-4-2-1-3-5-20)31-23-8-6-22(7-9-23)28-10-11-32-12-14-34-15-13-32/h1-9,17,19,28H,10-16,18H2,(H2,27,33)(H2,29,30,31). The van der Waals surface area contributed by atoms with Crippen LogP contribution in [0.1, 0.15) is 11.1 Å². The Bertz CT molecular complexity index is 1050. The predicted octanol–water partition coefficient (Wildman–Crippen LogP) is 3.21. The lowest BCUT2D eigenvalue weighted by Gasteiger charge is -2.26. The number of primary amides is 1. The summed E-state index contributed by atoms with van der Waals surface area (Å²) in [6.45, 7) is 6.18. The molecule has 0 spiro atoms. The van der Waals surface area contributed by atoms with E-state index in [4.69, 9.17) is 10.5 Å². The number of anilines is 4. The van der Waals surface area contributed by atoms with Gasteiger partial charge in [0.15, 0.2) is 0 Å². The molecule has 0 atom stereocenters. The summed E-state index contributed by atoms with van der Waals surface area (Å²) in [6, 6.07) is 20.2. The second-order valence-electron chi connectivity index (χ2n) is 8.29. The average molecular weight is 461 g/mol. The summed E-state index contributed by atoms with van der Waals surface area (Å²) in [5.41, 5.74) is 10.2. The minimum atomic E-state index is -0.387. The Morgan fingerprint density at radius 1 is 1.00 bits per heavy atom. The van der Waals surface area contributed by atoms with Crippen LogP contribution in [0, 0.1) is 0 Å². The number of aromatic nitrogens is 1. The Morgan fingerprint density at radius 3 is 2.47 bits per heavy atom. The van der Waals surface area contributed by atoms with E-state index < -0.39 is 0 Å². The molecule has 1 aliphatic heterocycles. The minimum Gasteiger partial charge on any atom is -0.384 e. The van der Waals surface area contributed by atoms with Gasteiger partial charge in [0.2, 0.25) is 5.91 Å². The van der Waals surface area contributed by atoms with Gasteiger partial charge in [0.25, 0.3) is 0 Å². The van der Waals surface area contributed by atoms with Crippen LogP contribution in [0.15, 0.2) is 66.9 Å². The van der Waals surface area contributed by atoms with E-state index >= 15 is 0 Å². The van der Waals surface area contributed by atoms with Crippen molar-refractivity contribution >= 4 is 28.8 Å². The van der Waals surface area contributed by atoms with Gasteiger partial charge in [-0.3, -0.25) is 9.69 Å². The highest BCUT2D eigenvalue weighted by atomic mass is 16.5. The molecule has 8 heteroatoms. The summed E-state index contributed by atoms with van der Waals surface area (Å²) >= 11 is 0. The van der Waals surface area contributed by atoms with Crippen molar-refractivity contribution in [1.82, 2.24) is 9.88 Å². The number of amides is 1. The zero-order valence-electron chi connectivity index (χ0n) is 19.3. The van der Waals surface area contributed by atoms with Crippen molar-refractivity contribution in [1.29, 1.82) is 0 Å². The van der Waals surface area contributed by atoms with E-state index in [1.165, 1.54) is 0 Å². The normalized spacial score (nSPS) is 13.9. The molecule has 34 heavy (non-hydrogen) atoms. The van der Waals surface area contributed by atoms with Gasteiger partial charge in [-0.05, 0) is 29.8 Å². The fourth-order valence-electron chi connectivity index (χ4n) is 3.84. The van der Waals surface area contributed by atoms with Crippen molar-refractivity contribution in [2.75, 3.05) is 55.3 Å². The molecule has 2 aromatic carbocycles. The average Bonchev–Trinajstić information content (AvgIpc) is 2.86. The fourth-order valence-corrected chi connectivity index (χ4v) is 3.84. The monoisotopic (exact) mass is 460 g/mol. The van der Waals surface area contributed by atoms with Gasteiger partial charge in [-0.15, -0.1) is 0 Å². The molecule has 1 saturated heterocycles. The van der Waals surface area contributed by atoms with Gasteiger partial charge in [-0.2, -0.15) is 0 Å². The first-order valence-electron chi connectivity index (χ1n) is 11.6. The molecule has 0 bridgehead atoms. The number of nitrogens with one attached hydrogen (secondary N) is 3. The maximum atomic E-state index is 11.5. The van der Waals surface area contributed by atoms with Crippen molar-refractivity contribution in [3.63, 3.8) is 0 Å². The highest BCUT2D eigenvalue weighted by molar-refractivity contribution is 5.79. The molecule has 0 radical (unpaired) electrons. The number of carbonyl (C=O) groups is 1. The lowest BCUT2D eigenvalue weighted by Crippen LogP contribution is -2.38. The van der Waals surface area contributed by atoms with Crippen LogP contribution in [-0.4, -0.2) is 55.2 Å². The van der Waals surface area contributed by atoms with E-state index in [9.17, 15) is 4.79 Å². The molecule has 0 saturated carbocycles. The predicted molar refractivity (Wildman–Crippen MR) is 136 cm³/mol. The molecule has 0 unspecified atom stereocenters. The highest BCUT2D eigenvalue weighted by Gasteiger charge is 2.10. The van der Waals surface area contributed by atoms with E-state index in [-0.39, 0.29) is 12.3 Å². The Hall–Kier alpha value is -3.62. The number of morpholine rings is 1. The molecular formula is C26H32N6O2. The zero-order chi connectivity index (χ0) is 23.6. The van der Waals surface area contributed by atoms with E-state index in [1.54, 1.807) is 6.20 Å². The maximum absolute atomic E-state index is 11.5. The molecule has 178 valence electrons. The van der Waals surface area contributed by atoms with Gasteiger partial charge in [-0.1, -0.05) is 30.3 Å². The molecule has 8 nitrogen and oxygen atoms in total. The first kappa shape index (κ1) is 23.5. The van der Waals surface area contributed by atoms with Crippen LogP contribution in [-0.2, 0) is 22.5 Å². The second-order valence-corrected chi connectivity index (χ2v) is 8.29. The first-order chi connectivity index (χ1) is 16.7. The maximum Gasteiger partial charge on any atom is 0.221 e. The van der Waals surface area contributed by atoms with E-state index in [0.717, 1.165) is 67.6 Å². The van der Waals surface area contributed by atoms with Gasteiger partial charge in [0.05, 0.1) is 19.6 Å². The van der Waals surface area contributed by atoms with Crippen LogP contribution in [0.5, 0.6) is 0 Å². The fraction of sp³-hybridized carbons (Fsp3) is 0.308. The summed E-state index contributed by atoms with van der Waals surface area (Å²) in [6.07, 6.45) is 1.83. The number of hydrogen-bond acceptors (Lipinski definition) is 7. The second kappa shape index (κ2) is 12.0. The summed E-state index contributed by atoms with van der Waals surface area (Å²) < 4.78 is 5.39. The van der Waals surface area contributed by atoms with E-state index in [1.807, 2.05) is 36.4 Å². The molecular weight excluding hydrogens is 428 g/mol. The number of rotatable bonds is 11. The molecule has 1 aliphatic rings. The Morgan fingerprint density at radius 2 is 1.74 bits per heavy atom. The third-order valence-corrected chi connectivity index (χ3v) is 5.70. The number of ether oxygens (including phenoxy) is 1. The van der Waals surface area contributed by atoms with Gasteiger partial charge in [-0.25, -0.2) is 4.98 Å². The zero-order valence-corrected chi connectivity index (χ0v) is 19.3. The molecule has 0 aliphatic carbocycles. The number of nitrogens with zero attached hydrogens (tertiary/aromatic N) is 2. The van der Waals surface area contributed by atoms with Crippen molar-refractivity contribution in [2.45, 2.75) is 13.0 Å². The van der Waals surface area contributed by atoms with Gasteiger partial charge in [0.1, 0.15) is 5.82 Å². The highest BCUT2D eigenvalue weighted by Crippen LogP contribution is 2.23. The Kier molecular flexibility index (Phi) is 8.32. The van der Waals surface area contributed by atoms with Crippen LogP contribution < -0.4 is 21.7 Å². The molecule has 1 fully saturated rings. The number of pyridine rings is 1. The Labute approximate surface area is 200 Å². The number of carbonyl (C=O) groups excluding carboxylic acids is 1. The van der Waals surface area contributed by atoms with Gasteiger partial charge >= 0.3 is 0 Å². The van der Waals surface area contributed by atoms with E-state index in [0.29, 0.717) is 12.4 Å². The number of hydrogen-bond donors (Lipinski definition) is 4. The molecule has 5 N–H and O–H groups in total. The minimum absolute atomic E-state index is 0.134. The summed E-state index contributed by atoms with van der Waals surface area (Å²) in [5.74, 6) is 0.304. The van der Waals surface area contributed by atoms with Crippen molar-refractivity contribution < 1.29 is 9.53 Å². The van der Waals surface area contributed by atoms with Crippen LogP contribution in [0.2, 0.25) is 0 Å². The van der Waals surface area contributed by atoms with Gasteiger partial charge in [0, 0.05) is 67.6 Å². The topological polar surface area (TPSA) is 105 Å².